The van der Waals surface area contributed by atoms with Gasteiger partial charge < -0.3 is 4.90 Å². The van der Waals surface area contributed by atoms with Crippen LogP contribution in [-0.4, -0.2) is 40.7 Å². The SMILES string of the molecule is CC(C)CN1CCC2(CC1)NC(C)(C)CS2. The summed E-state index contributed by atoms with van der Waals surface area (Å²) in [7, 11) is 0. The summed E-state index contributed by atoms with van der Waals surface area (Å²) in [6, 6.07) is 0. The summed E-state index contributed by atoms with van der Waals surface area (Å²) in [5.41, 5.74) is 0.338. The Hall–Kier alpha value is 0.270. The van der Waals surface area contributed by atoms with E-state index in [1.165, 1.54) is 38.2 Å². The van der Waals surface area contributed by atoms with E-state index in [9.17, 15) is 0 Å². The number of hydrogen-bond acceptors (Lipinski definition) is 3. The van der Waals surface area contributed by atoms with Crippen molar-refractivity contribution in [3.8, 4) is 0 Å². The highest BCUT2D eigenvalue weighted by Crippen LogP contribution is 2.42. The number of thioether (sulfide) groups is 1. The van der Waals surface area contributed by atoms with E-state index in [1.54, 1.807) is 0 Å². The second-order valence-corrected chi connectivity index (χ2v) is 7.85. The standard InChI is InChI=1S/C13H26N2S/c1-11(2)9-15-7-5-13(6-8-15)14-12(3,4)10-16-13/h11,14H,5-10H2,1-4H3. The van der Waals surface area contributed by atoms with Gasteiger partial charge in [0.25, 0.3) is 0 Å². The van der Waals surface area contributed by atoms with Crippen LogP contribution in [0.4, 0.5) is 0 Å². The molecule has 0 aromatic carbocycles. The van der Waals surface area contributed by atoms with Gasteiger partial charge in [0.1, 0.15) is 0 Å². The molecule has 2 fully saturated rings. The molecule has 0 aliphatic carbocycles. The molecule has 0 aromatic rings. The molecule has 0 saturated carbocycles. The van der Waals surface area contributed by atoms with Crippen molar-refractivity contribution < 1.29 is 0 Å². The Labute approximate surface area is 105 Å². The van der Waals surface area contributed by atoms with Gasteiger partial charge in [-0.25, -0.2) is 0 Å². The number of piperidine rings is 1. The third kappa shape index (κ3) is 2.93. The summed E-state index contributed by atoms with van der Waals surface area (Å²) >= 11 is 2.16. The lowest BCUT2D eigenvalue weighted by molar-refractivity contribution is 0.160. The minimum absolute atomic E-state index is 0.338. The third-order valence-electron chi connectivity index (χ3n) is 3.56. The molecule has 94 valence electrons. The molecule has 16 heavy (non-hydrogen) atoms. The summed E-state index contributed by atoms with van der Waals surface area (Å²) < 4.78 is 0. The van der Waals surface area contributed by atoms with Gasteiger partial charge in [0.05, 0.1) is 4.87 Å². The van der Waals surface area contributed by atoms with E-state index < -0.39 is 0 Å². The van der Waals surface area contributed by atoms with Crippen LogP contribution in [0.3, 0.4) is 0 Å². The van der Waals surface area contributed by atoms with Crippen molar-refractivity contribution in [3.63, 3.8) is 0 Å². The van der Waals surface area contributed by atoms with Gasteiger partial charge in [-0.2, -0.15) is 0 Å². The monoisotopic (exact) mass is 242 g/mol. The fraction of sp³-hybridized carbons (Fsp3) is 1.00. The molecular formula is C13H26N2S. The molecule has 0 amide bonds. The summed E-state index contributed by atoms with van der Waals surface area (Å²) in [5, 5.41) is 3.86. The molecule has 2 aliphatic heterocycles. The Morgan fingerprint density at radius 1 is 1.25 bits per heavy atom. The maximum absolute atomic E-state index is 3.86. The Bertz CT molecular complexity index is 242. The van der Waals surface area contributed by atoms with Gasteiger partial charge in [-0.05, 0) is 32.6 Å². The molecule has 2 nitrogen and oxygen atoms in total. The number of likely N-dealkylation sites (tertiary alicyclic amines) is 1. The van der Waals surface area contributed by atoms with Crippen LogP contribution >= 0.6 is 11.8 Å². The molecule has 2 rings (SSSR count). The molecule has 1 spiro atoms. The predicted molar refractivity (Wildman–Crippen MR) is 72.9 cm³/mol. The maximum atomic E-state index is 3.86. The molecule has 2 aliphatic rings. The van der Waals surface area contributed by atoms with E-state index in [0.29, 0.717) is 10.4 Å². The minimum atomic E-state index is 0.338. The van der Waals surface area contributed by atoms with Gasteiger partial charge in [0.2, 0.25) is 0 Å². The van der Waals surface area contributed by atoms with E-state index in [2.05, 4.69) is 49.7 Å². The highest BCUT2D eigenvalue weighted by molar-refractivity contribution is 8.01. The fourth-order valence-corrected chi connectivity index (χ4v) is 4.42. The minimum Gasteiger partial charge on any atom is -0.303 e. The zero-order chi connectivity index (χ0) is 11.8. The average Bonchev–Trinajstić information content (AvgIpc) is 2.46. The Balaban J connectivity index is 1.86. The normalized spacial score (nSPS) is 29.1. The highest BCUT2D eigenvalue weighted by atomic mass is 32.2. The first-order valence-electron chi connectivity index (χ1n) is 6.57. The van der Waals surface area contributed by atoms with Crippen LogP contribution in [0.25, 0.3) is 0 Å². The van der Waals surface area contributed by atoms with Crippen molar-refractivity contribution in [2.24, 2.45) is 5.92 Å². The molecule has 1 N–H and O–H groups in total. The molecule has 0 aromatic heterocycles. The van der Waals surface area contributed by atoms with Crippen molar-refractivity contribution in [2.75, 3.05) is 25.4 Å². The predicted octanol–water partition coefficient (Wildman–Crippen LogP) is 2.55. The highest BCUT2D eigenvalue weighted by Gasteiger charge is 2.44. The van der Waals surface area contributed by atoms with Crippen molar-refractivity contribution in [2.45, 2.75) is 50.9 Å². The molecule has 2 saturated heterocycles. The van der Waals surface area contributed by atoms with E-state index >= 15 is 0 Å². The summed E-state index contributed by atoms with van der Waals surface area (Å²) in [6.07, 6.45) is 2.63. The lowest BCUT2D eigenvalue weighted by Gasteiger charge is -2.40. The van der Waals surface area contributed by atoms with E-state index in [4.69, 9.17) is 0 Å². The summed E-state index contributed by atoms with van der Waals surface area (Å²) in [6.45, 7) is 13.1. The van der Waals surface area contributed by atoms with Gasteiger partial charge >= 0.3 is 0 Å². The quantitative estimate of drug-likeness (QED) is 0.801. The van der Waals surface area contributed by atoms with Crippen LogP contribution in [0.1, 0.15) is 40.5 Å². The van der Waals surface area contributed by atoms with E-state index in [-0.39, 0.29) is 0 Å². The van der Waals surface area contributed by atoms with Gasteiger partial charge in [0, 0.05) is 30.9 Å². The lowest BCUT2D eigenvalue weighted by Crippen LogP contribution is -2.53. The van der Waals surface area contributed by atoms with E-state index in [0.717, 1.165) is 5.92 Å². The molecule has 0 bridgehead atoms. The first-order valence-corrected chi connectivity index (χ1v) is 7.55. The lowest BCUT2D eigenvalue weighted by atomic mass is 9.99. The third-order valence-corrected chi connectivity index (χ3v) is 5.49. The molecule has 0 radical (unpaired) electrons. The number of hydrogen-bond donors (Lipinski definition) is 1. The first kappa shape index (κ1) is 12.7. The van der Waals surface area contributed by atoms with Crippen LogP contribution in [0.5, 0.6) is 0 Å². The molecule has 2 heterocycles. The van der Waals surface area contributed by atoms with Crippen molar-refractivity contribution in [1.29, 1.82) is 0 Å². The van der Waals surface area contributed by atoms with Gasteiger partial charge in [-0.1, -0.05) is 13.8 Å². The van der Waals surface area contributed by atoms with Crippen molar-refractivity contribution in [3.05, 3.63) is 0 Å². The van der Waals surface area contributed by atoms with Gasteiger partial charge in [-0.3, -0.25) is 5.32 Å². The second kappa shape index (κ2) is 4.51. The average molecular weight is 242 g/mol. The molecule has 0 unspecified atom stereocenters. The van der Waals surface area contributed by atoms with Crippen LogP contribution in [-0.2, 0) is 0 Å². The van der Waals surface area contributed by atoms with E-state index in [1.807, 2.05) is 0 Å². The largest absolute Gasteiger partial charge is 0.303 e. The smallest absolute Gasteiger partial charge is 0.0674 e. The first-order chi connectivity index (χ1) is 7.41. The van der Waals surface area contributed by atoms with Crippen molar-refractivity contribution in [1.82, 2.24) is 10.2 Å². The topological polar surface area (TPSA) is 15.3 Å². The van der Waals surface area contributed by atoms with Crippen LogP contribution in [0, 0.1) is 5.92 Å². The number of rotatable bonds is 2. The van der Waals surface area contributed by atoms with Crippen LogP contribution in [0.15, 0.2) is 0 Å². The van der Waals surface area contributed by atoms with Crippen LogP contribution < -0.4 is 5.32 Å². The zero-order valence-electron chi connectivity index (χ0n) is 11.2. The molecule has 0 atom stereocenters. The van der Waals surface area contributed by atoms with Crippen molar-refractivity contribution >= 4 is 11.8 Å². The molecular weight excluding hydrogens is 216 g/mol. The van der Waals surface area contributed by atoms with Gasteiger partial charge in [-0.15, -0.1) is 11.8 Å². The summed E-state index contributed by atoms with van der Waals surface area (Å²) in [5.74, 6) is 2.06. The summed E-state index contributed by atoms with van der Waals surface area (Å²) in [4.78, 5) is 3.03. The fourth-order valence-electron chi connectivity index (χ4n) is 2.89. The maximum Gasteiger partial charge on any atom is 0.0674 e. The Kier molecular flexibility index (Phi) is 3.58. The second-order valence-electron chi connectivity index (χ2n) is 6.49. The number of nitrogens with zero attached hydrogens (tertiary/aromatic N) is 1. The zero-order valence-corrected chi connectivity index (χ0v) is 12.0. The van der Waals surface area contributed by atoms with Crippen LogP contribution in [0.2, 0.25) is 0 Å². The Morgan fingerprint density at radius 3 is 2.31 bits per heavy atom. The van der Waals surface area contributed by atoms with Gasteiger partial charge in [0.15, 0.2) is 0 Å². The molecule has 3 heteroatoms. The Morgan fingerprint density at radius 2 is 1.88 bits per heavy atom. The number of nitrogens with one attached hydrogen (secondary N) is 1.